The normalized spacial score (nSPS) is 24.3. The van der Waals surface area contributed by atoms with Crippen LogP contribution in [0, 0.1) is 5.92 Å². The molecule has 1 N–H and O–H groups in total. The van der Waals surface area contributed by atoms with Crippen molar-refractivity contribution >= 4 is 10.0 Å². The monoisotopic (exact) mass is 220 g/mol. The highest BCUT2D eigenvalue weighted by atomic mass is 32.2. The maximum Gasteiger partial charge on any atom is 0.214 e. The topological polar surface area (TPSA) is 49.4 Å². The van der Waals surface area contributed by atoms with Gasteiger partial charge in [-0.05, 0) is 32.4 Å². The van der Waals surface area contributed by atoms with E-state index in [1.165, 1.54) is 0 Å². The van der Waals surface area contributed by atoms with Crippen molar-refractivity contribution < 1.29 is 8.42 Å². The lowest BCUT2D eigenvalue weighted by molar-refractivity contribution is 0.450. The van der Waals surface area contributed by atoms with Gasteiger partial charge >= 0.3 is 0 Å². The maximum atomic E-state index is 11.7. The third kappa shape index (κ3) is 2.93. The van der Waals surface area contributed by atoms with Crippen molar-refractivity contribution in [1.29, 1.82) is 0 Å². The fourth-order valence-corrected chi connectivity index (χ4v) is 3.49. The standard InChI is InChI=1S/C9H20N2O2S/c1-3-6-14(12,13)11-5-4-9(8-11)7-10-2/h9-10H,3-8H2,1-2H3. The molecule has 0 aromatic carbocycles. The molecule has 14 heavy (non-hydrogen) atoms. The van der Waals surface area contributed by atoms with E-state index in [1.807, 2.05) is 14.0 Å². The molecule has 1 unspecified atom stereocenters. The summed E-state index contributed by atoms with van der Waals surface area (Å²) < 4.78 is 25.0. The van der Waals surface area contributed by atoms with Gasteiger partial charge in [0.1, 0.15) is 0 Å². The Hall–Kier alpha value is -0.130. The van der Waals surface area contributed by atoms with Crippen LogP contribution in [0.3, 0.4) is 0 Å². The third-order valence-corrected chi connectivity index (χ3v) is 4.64. The first-order chi connectivity index (χ1) is 6.60. The zero-order chi connectivity index (χ0) is 10.6. The molecule has 0 aliphatic carbocycles. The van der Waals surface area contributed by atoms with Crippen molar-refractivity contribution in [2.45, 2.75) is 19.8 Å². The van der Waals surface area contributed by atoms with Gasteiger partial charge in [0.25, 0.3) is 0 Å². The fourth-order valence-electron chi connectivity index (χ4n) is 1.89. The minimum atomic E-state index is -2.96. The smallest absolute Gasteiger partial charge is 0.214 e. The molecule has 1 aliphatic heterocycles. The van der Waals surface area contributed by atoms with E-state index in [0.717, 1.165) is 13.0 Å². The first-order valence-electron chi connectivity index (χ1n) is 5.22. The average molecular weight is 220 g/mol. The van der Waals surface area contributed by atoms with Crippen molar-refractivity contribution in [2.24, 2.45) is 5.92 Å². The third-order valence-electron chi connectivity index (χ3n) is 2.60. The van der Waals surface area contributed by atoms with Crippen LogP contribution in [-0.4, -0.2) is 45.2 Å². The second-order valence-corrected chi connectivity index (χ2v) is 5.97. The number of hydrogen-bond acceptors (Lipinski definition) is 3. The molecule has 5 heteroatoms. The molecule has 0 aromatic rings. The Kier molecular flexibility index (Phi) is 4.34. The largest absolute Gasteiger partial charge is 0.319 e. The molecule has 0 radical (unpaired) electrons. The van der Waals surface area contributed by atoms with Crippen LogP contribution in [0.4, 0.5) is 0 Å². The molecule has 1 fully saturated rings. The Labute approximate surface area is 86.7 Å². The summed E-state index contributed by atoms with van der Waals surface area (Å²) in [6.45, 7) is 4.22. The Morgan fingerprint density at radius 3 is 2.79 bits per heavy atom. The minimum Gasteiger partial charge on any atom is -0.319 e. The summed E-state index contributed by atoms with van der Waals surface area (Å²) in [4.78, 5) is 0. The fraction of sp³-hybridized carbons (Fsp3) is 1.00. The molecule has 1 saturated heterocycles. The number of rotatable bonds is 5. The van der Waals surface area contributed by atoms with E-state index in [4.69, 9.17) is 0 Å². The molecule has 0 aromatic heterocycles. The van der Waals surface area contributed by atoms with Crippen molar-refractivity contribution in [3.63, 3.8) is 0 Å². The van der Waals surface area contributed by atoms with Gasteiger partial charge in [-0.15, -0.1) is 0 Å². The zero-order valence-corrected chi connectivity index (χ0v) is 9.81. The van der Waals surface area contributed by atoms with E-state index in [2.05, 4.69) is 5.32 Å². The van der Waals surface area contributed by atoms with Crippen LogP contribution in [0.2, 0.25) is 0 Å². The van der Waals surface area contributed by atoms with E-state index < -0.39 is 10.0 Å². The van der Waals surface area contributed by atoms with E-state index in [1.54, 1.807) is 4.31 Å². The molecule has 0 bridgehead atoms. The summed E-state index contributed by atoms with van der Waals surface area (Å²) >= 11 is 0. The van der Waals surface area contributed by atoms with Gasteiger partial charge in [0, 0.05) is 13.1 Å². The first-order valence-corrected chi connectivity index (χ1v) is 6.83. The van der Waals surface area contributed by atoms with Gasteiger partial charge in [-0.3, -0.25) is 0 Å². The van der Waals surface area contributed by atoms with Crippen molar-refractivity contribution in [3.8, 4) is 0 Å². The van der Waals surface area contributed by atoms with E-state index >= 15 is 0 Å². The lowest BCUT2D eigenvalue weighted by Crippen LogP contribution is -2.32. The second-order valence-electron chi connectivity index (χ2n) is 3.89. The molecule has 0 saturated carbocycles. The second kappa shape index (κ2) is 5.09. The average Bonchev–Trinajstić information content (AvgIpc) is 2.54. The van der Waals surface area contributed by atoms with Crippen LogP contribution in [0.5, 0.6) is 0 Å². The highest BCUT2D eigenvalue weighted by Gasteiger charge is 2.29. The van der Waals surface area contributed by atoms with Gasteiger partial charge in [0.15, 0.2) is 0 Å². The van der Waals surface area contributed by atoms with Gasteiger partial charge in [0.05, 0.1) is 5.75 Å². The molecular formula is C9H20N2O2S. The van der Waals surface area contributed by atoms with Crippen LogP contribution in [-0.2, 0) is 10.0 Å². The van der Waals surface area contributed by atoms with Crippen molar-refractivity contribution in [3.05, 3.63) is 0 Å². The quantitative estimate of drug-likeness (QED) is 0.723. The molecule has 84 valence electrons. The number of nitrogens with one attached hydrogen (secondary N) is 1. The molecular weight excluding hydrogens is 200 g/mol. The summed E-state index contributed by atoms with van der Waals surface area (Å²) in [7, 11) is -1.05. The predicted molar refractivity (Wildman–Crippen MR) is 57.7 cm³/mol. The van der Waals surface area contributed by atoms with Gasteiger partial charge < -0.3 is 5.32 Å². The summed E-state index contributed by atoms with van der Waals surface area (Å²) in [6, 6.07) is 0. The van der Waals surface area contributed by atoms with E-state index in [-0.39, 0.29) is 0 Å². The van der Waals surface area contributed by atoms with Crippen molar-refractivity contribution in [2.75, 3.05) is 32.4 Å². The number of hydrogen-bond donors (Lipinski definition) is 1. The molecule has 1 aliphatic rings. The number of sulfonamides is 1. The van der Waals surface area contributed by atoms with Crippen molar-refractivity contribution in [1.82, 2.24) is 9.62 Å². The molecule has 1 atom stereocenters. The summed E-state index contributed by atoms with van der Waals surface area (Å²) in [5, 5.41) is 3.09. The highest BCUT2D eigenvalue weighted by molar-refractivity contribution is 7.89. The molecule has 4 nitrogen and oxygen atoms in total. The molecule has 1 heterocycles. The van der Waals surface area contributed by atoms with Crippen LogP contribution in [0.15, 0.2) is 0 Å². The van der Waals surface area contributed by atoms with Crippen LogP contribution < -0.4 is 5.32 Å². The van der Waals surface area contributed by atoms with Crippen LogP contribution in [0.1, 0.15) is 19.8 Å². The molecule has 1 rings (SSSR count). The highest BCUT2D eigenvalue weighted by Crippen LogP contribution is 2.19. The maximum absolute atomic E-state index is 11.7. The van der Waals surface area contributed by atoms with Gasteiger partial charge in [-0.1, -0.05) is 6.92 Å². The SMILES string of the molecule is CCCS(=O)(=O)N1CCC(CNC)C1. The lowest BCUT2D eigenvalue weighted by atomic mass is 10.1. The summed E-state index contributed by atoms with van der Waals surface area (Å²) in [6.07, 6.45) is 1.69. The molecule has 0 amide bonds. The van der Waals surface area contributed by atoms with Gasteiger partial charge in [0.2, 0.25) is 10.0 Å². The minimum absolute atomic E-state index is 0.291. The van der Waals surface area contributed by atoms with E-state index in [0.29, 0.717) is 31.2 Å². The number of nitrogens with zero attached hydrogens (tertiary/aromatic N) is 1. The Morgan fingerprint density at radius 2 is 2.21 bits per heavy atom. The van der Waals surface area contributed by atoms with E-state index in [9.17, 15) is 8.42 Å². The van der Waals surface area contributed by atoms with Gasteiger partial charge in [-0.2, -0.15) is 0 Å². The summed E-state index contributed by atoms with van der Waals surface area (Å²) in [5.41, 5.74) is 0. The molecule has 0 spiro atoms. The van der Waals surface area contributed by atoms with Gasteiger partial charge in [-0.25, -0.2) is 12.7 Å². The predicted octanol–water partition coefficient (Wildman–Crippen LogP) is 0.268. The first kappa shape index (κ1) is 11.9. The summed E-state index contributed by atoms with van der Waals surface area (Å²) in [5.74, 6) is 0.783. The van der Waals surface area contributed by atoms with Crippen LogP contribution >= 0.6 is 0 Å². The van der Waals surface area contributed by atoms with Crippen LogP contribution in [0.25, 0.3) is 0 Å². The zero-order valence-electron chi connectivity index (χ0n) is 8.99. The Morgan fingerprint density at radius 1 is 1.50 bits per heavy atom. The lowest BCUT2D eigenvalue weighted by Gasteiger charge is -2.15. The Balaban J connectivity index is 2.49. The Bertz CT molecular complexity index is 264.